The zero-order valence-corrected chi connectivity index (χ0v) is 15.7. The lowest BCUT2D eigenvalue weighted by Gasteiger charge is -2.15. The van der Waals surface area contributed by atoms with E-state index in [1.54, 1.807) is 0 Å². The van der Waals surface area contributed by atoms with E-state index in [0.29, 0.717) is 18.2 Å². The van der Waals surface area contributed by atoms with Gasteiger partial charge < -0.3 is 14.8 Å². The Morgan fingerprint density at radius 1 is 1.09 bits per heavy atom. The van der Waals surface area contributed by atoms with Gasteiger partial charge in [0.1, 0.15) is 6.61 Å². The van der Waals surface area contributed by atoms with E-state index < -0.39 is 0 Å². The van der Waals surface area contributed by atoms with Gasteiger partial charge in [-0.15, -0.1) is 0 Å². The molecule has 0 fully saturated rings. The number of nitrogens with one attached hydrogen (secondary N) is 1. The maximum Gasteiger partial charge on any atom is 0.162 e. The Balaban J connectivity index is 2.17. The van der Waals surface area contributed by atoms with Crippen LogP contribution >= 0.6 is 27.5 Å². The SMILES string of the molecule is CCNCc1cc(OCC)c(OCc2cccc(Cl)c2)cc1Br. The fourth-order valence-electron chi connectivity index (χ4n) is 2.14. The molecule has 0 aliphatic heterocycles. The highest BCUT2D eigenvalue weighted by Crippen LogP contribution is 2.34. The van der Waals surface area contributed by atoms with Gasteiger partial charge in [-0.05, 0) is 48.9 Å². The zero-order chi connectivity index (χ0) is 16.7. The van der Waals surface area contributed by atoms with E-state index in [1.165, 1.54) is 0 Å². The van der Waals surface area contributed by atoms with Crippen molar-refractivity contribution in [3.63, 3.8) is 0 Å². The van der Waals surface area contributed by atoms with Crippen LogP contribution in [0.5, 0.6) is 11.5 Å². The fraction of sp³-hybridized carbons (Fsp3) is 0.333. The maximum atomic E-state index is 6.01. The lowest BCUT2D eigenvalue weighted by atomic mass is 10.2. The third-order valence-corrected chi connectivity index (χ3v) is 4.23. The molecule has 0 saturated heterocycles. The summed E-state index contributed by atoms with van der Waals surface area (Å²) in [4.78, 5) is 0. The second-order valence-corrected chi connectivity index (χ2v) is 6.31. The van der Waals surface area contributed by atoms with Crippen LogP contribution in [-0.2, 0) is 13.2 Å². The zero-order valence-electron chi connectivity index (χ0n) is 13.4. The molecule has 0 amide bonds. The van der Waals surface area contributed by atoms with Crippen molar-refractivity contribution in [3.8, 4) is 11.5 Å². The van der Waals surface area contributed by atoms with Crippen molar-refractivity contribution in [1.29, 1.82) is 0 Å². The Labute approximate surface area is 151 Å². The minimum atomic E-state index is 0.444. The Morgan fingerprint density at radius 3 is 2.57 bits per heavy atom. The topological polar surface area (TPSA) is 30.5 Å². The Hall–Kier alpha value is -1.23. The molecule has 0 bridgehead atoms. The molecule has 0 aromatic heterocycles. The molecule has 2 aromatic carbocycles. The van der Waals surface area contributed by atoms with Crippen molar-refractivity contribution >= 4 is 27.5 Å². The van der Waals surface area contributed by atoms with E-state index >= 15 is 0 Å². The van der Waals surface area contributed by atoms with E-state index in [0.717, 1.165) is 40.2 Å². The van der Waals surface area contributed by atoms with Crippen LogP contribution < -0.4 is 14.8 Å². The lowest BCUT2D eigenvalue weighted by molar-refractivity contribution is 0.269. The van der Waals surface area contributed by atoms with Gasteiger partial charge in [-0.3, -0.25) is 0 Å². The van der Waals surface area contributed by atoms with Crippen molar-refractivity contribution in [2.75, 3.05) is 13.2 Å². The Kier molecular flexibility index (Phi) is 7.21. The lowest BCUT2D eigenvalue weighted by Crippen LogP contribution is -2.12. The van der Waals surface area contributed by atoms with Crippen molar-refractivity contribution in [2.45, 2.75) is 27.0 Å². The number of ether oxygens (including phenoxy) is 2. The molecule has 3 nitrogen and oxygen atoms in total. The van der Waals surface area contributed by atoms with Crippen LogP contribution in [0.3, 0.4) is 0 Å². The first-order valence-corrected chi connectivity index (χ1v) is 8.84. The van der Waals surface area contributed by atoms with Gasteiger partial charge in [0.2, 0.25) is 0 Å². The fourth-order valence-corrected chi connectivity index (χ4v) is 2.82. The molecular weight excluding hydrogens is 378 g/mol. The third-order valence-electron chi connectivity index (χ3n) is 3.26. The van der Waals surface area contributed by atoms with Gasteiger partial charge in [-0.2, -0.15) is 0 Å². The molecule has 0 spiro atoms. The summed E-state index contributed by atoms with van der Waals surface area (Å²) in [6, 6.07) is 11.6. The van der Waals surface area contributed by atoms with Crippen LogP contribution in [0.15, 0.2) is 40.9 Å². The molecule has 0 heterocycles. The summed E-state index contributed by atoms with van der Waals surface area (Å²) in [6.45, 7) is 6.79. The molecule has 0 atom stereocenters. The predicted molar refractivity (Wildman–Crippen MR) is 98.5 cm³/mol. The summed E-state index contributed by atoms with van der Waals surface area (Å²) in [5.41, 5.74) is 2.17. The van der Waals surface area contributed by atoms with Gasteiger partial charge in [-0.1, -0.05) is 46.6 Å². The summed E-state index contributed by atoms with van der Waals surface area (Å²) in [5.74, 6) is 1.48. The molecule has 0 saturated carbocycles. The standard InChI is InChI=1S/C18H21BrClNO2/c1-3-21-11-14-9-17(22-4-2)18(10-16(14)19)23-12-13-6-5-7-15(20)8-13/h5-10,21H,3-4,11-12H2,1-2H3. The van der Waals surface area contributed by atoms with E-state index in [9.17, 15) is 0 Å². The third kappa shape index (κ3) is 5.41. The first-order chi connectivity index (χ1) is 11.1. The highest BCUT2D eigenvalue weighted by molar-refractivity contribution is 9.10. The van der Waals surface area contributed by atoms with Crippen LogP contribution in [0.2, 0.25) is 5.02 Å². The average Bonchev–Trinajstić information content (AvgIpc) is 2.54. The highest BCUT2D eigenvalue weighted by atomic mass is 79.9. The predicted octanol–water partition coefficient (Wildman–Crippen LogP) is 5.19. The molecule has 23 heavy (non-hydrogen) atoms. The summed E-state index contributed by atoms with van der Waals surface area (Å²) in [7, 11) is 0. The highest BCUT2D eigenvalue weighted by Gasteiger charge is 2.11. The van der Waals surface area contributed by atoms with Crippen LogP contribution in [0.4, 0.5) is 0 Å². The molecule has 5 heteroatoms. The van der Waals surface area contributed by atoms with Crippen molar-refractivity contribution < 1.29 is 9.47 Å². The molecule has 0 unspecified atom stereocenters. The van der Waals surface area contributed by atoms with Crippen LogP contribution in [-0.4, -0.2) is 13.2 Å². The number of rotatable bonds is 8. The van der Waals surface area contributed by atoms with Crippen LogP contribution in [0.25, 0.3) is 0 Å². The smallest absolute Gasteiger partial charge is 0.162 e. The molecule has 1 N–H and O–H groups in total. The number of hydrogen-bond donors (Lipinski definition) is 1. The summed E-state index contributed by atoms with van der Waals surface area (Å²) in [6.07, 6.45) is 0. The first kappa shape index (κ1) is 18.1. The minimum absolute atomic E-state index is 0.444. The summed E-state index contributed by atoms with van der Waals surface area (Å²) >= 11 is 9.61. The van der Waals surface area contributed by atoms with Gasteiger partial charge in [0, 0.05) is 16.0 Å². The van der Waals surface area contributed by atoms with Gasteiger partial charge >= 0.3 is 0 Å². The Bertz CT molecular complexity index is 649. The molecule has 124 valence electrons. The number of benzene rings is 2. The number of hydrogen-bond acceptors (Lipinski definition) is 3. The second kappa shape index (κ2) is 9.16. The minimum Gasteiger partial charge on any atom is -0.490 e. The van der Waals surface area contributed by atoms with E-state index in [2.05, 4.69) is 28.2 Å². The van der Waals surface area contributed by atoms with Gasteiger partial charge in [-0.25, -0.2) is 0 Å². The molecule has 0 aliphatic rings. The second-order valence-electron chi connectivity index (χ2n) is 5.02. The number of halogens is 2. The van der Waals surface area contributed by atoms with Gasteiger partial charge in [0.15, 0.2) is 11.5 Å². The van der Waals surface area contributed by atoms with Crippen LogP contribution in [0, 0.1) is 0 Å². The van der Waals surface area contributed by atoms with E-state index in [1.807, 2.05) is 43.3 Å². The van der Waals surface area contributed by atoms with Gasteiger partial charge in [0.25, 0.3) is 0 Å². The van der Waals surface area contributed by atoms with Crippen molar-refractivity contribution in [1.82, 2.24) is 5.32 Å². The molecule has 2 rings (SSSR count). The molecule has 0 aliphatic carbocycles. The maximum absolute atomic E-state index is 6.01. The van der Waals surface area contributed by atoms with Gasteiger partial charge in [0.05, 0.1) is 6.61 Å². The quantitative estimate of drug-likeness (QED) is 0.664. The largest absolute Gasteiger partial charge is 0.490 e. The van der Waals surface area contributed by atoms with Crippen LogP contribution in [0.1, 0.15) is 25.0 Å². The van der Waals surface area contributed by atoms with E-state index in [-0.39, 0.29) is 0 Å². The molecule has 2 aromatic rings. The average molecular weight is 399 g/mol. The normalized spacial score (nSPS) is 10.6. The molecule has 0 radical (unpaired) electrons. The van der Waals surface area contributed by atoms with Crippen molar-refractivity contribution in [2.24, 2.45) is 0 Å². The summed E-state index contributed by atoms with van der Waals surface area (Å²) in [5, 5.41) is 4.02. The Morgan fingerprint density at radius 2 is 1.87 bits per heavy atom. The first-order valence-electron chi connectivity index (χ1n) is 7.67. The van der Waals surface area contributed by atoms with E-state index in [4.69, 9.17) is 21.1 Å². The van der Waals surface area contributed by atoms with Crippen molar-refractivity contribution in [3.05, 3.63) is 57.0 Å². The molecular formula is C18H21BrClNO2. The monoisotopic (exact) mass is 397 g/mol. The summed E-state index contributed by atoms with van der Waals surface area (Å²) < 4.78 is 12.7.